The van der Waals surface area contributed by atoms with Gasteiger partial charge in [-0.25, -0.2) is 9.97 Å². The molecule has 0 saturated heterocycles. The predicted octanol–water partition coefficient (Wildman–Crippen LogP) is 2.18. The predicted molar refractivity (Wildman–Crippen MR) is 83.6 cm³/mol. The summed E-state index contributed by atoms with van der Waals surface area (Å²) < 4.78 is 3.91. The van der Waals surface area contributed by atoms with Gasteiger partial charge in [-0.15, -0.1) is 0 Å². The first kappa shape index (κ1) is 14.3. The number of imidazole rings is 2. The van der Waals surface area contributed by atoms with Crippen molar-refractivity contribution in [1.29, 1.82) is 0 Å². The number of rotatable bonds is 5. The van der Waals surface area contributed by atoms with E-state index in [4.69, 9.17) is 0 Å². The molecule has 1 N–H and O–H groups in total. The van der Waals surface area contributed by atoms with Crippen molar-refractivity contribution in [1.82, 2.24) is 24.3 Å². The smallest absolute Gasteiger partial charge is 0.271 e. The average molecular weight is 297 g/mol. The van der Waals surface area contributed by atoms with Crippen molar-refractivity contribution in [2.75, 3.05) is 0 Å². The lowest BCUT2D eigenvalue weighted by atomic mass is 10.3. The summed E-state index contributed by atoms with van der Waals surface area (Å²) in [5, 5.41) is 2.88. The zero-order valence-corrected chi connectivity index (χ0v) is 12.8. The molecule has 0 atom stereocenters. The Labute approximate surface area is 128 Å². The maximum absolute atomic E-state index is 12.2. The molecule has 114 valence electrons. The van der Waals surface area contributed by atoms with Crippen molar-refractivity contribution < 1.29 is 4.79 Å². The van der Waals surface area contributed by atoms with E-state index in [2.05, 4.69) is 22.2 Å². The van der Waals surface area contributed by atoms with Crippen LogP contribution in [-0.4, -0.2) is 24.8 Å². The molecule has 0 radical (unpaired) electrons. The Kier molecular flexibility index (Phi) is 3.91. The molecule has 0 saturated carbocycles. The number of nitrogens with one attached hydrogen (secondary N) is 1. The van der Waals surface area contributed by atoms with E-state index < -0.39 is 0 Å². The van der Waals surface area contributed by atoms with Crippen LogP contribution in [0.1, 0.15) is 35.2 Å². The number of hydrogen-bond acceptors (Lipinski definition) is 3. The Bertz CT molecular complexity index is 802. The van der Waals surface area contributed by atoms with E-state index in [0.717, 1.165) is 30.0 Å². The van der Waals surface area contributed by atoms with Crippen molar-refractivity contribution in [3.8, 4) is 0 Å². The maximum Gasteiger partial charge on any atom is 0.271 e. The lowest BCUT2D eigenvalue weighted by molar-refractivity contribution is 0.0945. The Morgan fingerprint density at radius 2 is 2.18 bits per heavy atom. The number of hydrogen-bond donors (Lipinski definition) is 1. The second-order valence-electron chi connectivity index (χ2n) is 5.32. The third-order valence-corrected chi connectivity index (χ3v) is 3.50. The molecule has 6 heteroatoms. The van der Waals surface area contributed by atoms with Crippen LogP contribution < -0.4 is 5.32 Å². The number of fused-ring (bicyclic) bond motifs is 1. The van der Waals surface area contributed by atoms with E-state index in [9.17, 15) is 4.79 Å². The maximum atomic E-state index is 12.2. The largest absolute Gasteiger partial charge is 0.343 e. The van der Waals surface area contributed by atoms with Crippen LogP contribution in [0.5, 0.6) is 0 Å². The molecular formula is C16H19N5O. The van der Waals surface area contributed by atoms with Crippen molar-refractivity contribution >= 4 is 11.6 Å². The van der Waals surface area contributed by atoms with Gasteiger partial charge in [0.1, 0.15) is 17.2 Å². The number of pyridine rings is 1. The standard InChI is InChI=1S/C16H19N5O/c1-3-7-20-8-6-17-15(20)9-18-16(22)13-11-21-10-12(2)4-5-14(21)19-13/h4-6,8,10-11H,3,7,9H2,1-2H3,(H,18,22). The molecule has 3 rings (SSSR count). The molecule has 6 nitrogen and oxygen atoms in total. The highest BCUT2D eigenvalue weighted by atomic mass is 16.1. The van der Waals surface area contributed by atoms with E-state index in [-0.39, 0.29) is 5.91 Å². The first-order valence-electron chi connectivity index (χ1n) is 7.41. The first-order chi connectivity index (χ1) is 10.7. The highest BCUT2D eigenvalue weighted by molar-refractivity contribution is 5.92. The molecule has 0 unspecified atom stereocenters. The number of aromatic nitrogens is 4. The molecule has 3 aromatic rings. The Morgan fingerprint density at radius 1 is 1.32 bits per heavy atom. The van der Waals surface area contributed by atoms with Crippen LogP contribution in [0.15, 0.2) is 36.9 Å². The molecule has 0 fully saturated rings. The monoisotopic (exact) mass is 297 g/mol. The van der Waals surface area contributed by atoms with Gasteiger partial charge in [-0.1, -0.05) is 13.0 Å². The van der Waals surface area contributed by atoms with Crippen molar-refractivity contribution in [2.45, 2.75) is 33.4 Å². The first-order valence-corrected chi connectivity index (χ1v) is 7.41. The van der Waals surface area contributed by atoms with Crippen LogP contribution in [0.2, 0.25) is 0 Å². The van der Waals surface area contributed by atoms with Crippen LogP contribution >= 0.6 is 0 Å². The van der Waals surface area contributed by atoms with Crippen LogP contribution in [0, 0.1) is 6.92 Å². The third-order valence-electron chi connectivity index (χ3n) is 3.50. The summed E-state index contributed by atoms with van der Waals surface area (Å²) in [6, 6.07) is 3.88. The van der Waals surface area contributed by atoms with Gasteiger partial charge < -0.3 is 14.3 Å². The summed E-state index contributed by atoms with van der Waals surface area (Å²) in [5.74, 6) is 0.669. The van der Waals surface area contributed by atoms with Gasteiger partial charge in [0.2, 0.25) is 0 Å². The fourth-order valence-corrected chi connectivity index (χ4v) is 2.41. The molecular weight excluding hydrogens is 278 g/mol. The van der Waals surface area contributed by atoms with Crippen molar-refractivity contribution in [3.05, 3.63) is 54.0 Å². The minimum atomic E-state index is -0.188. The van der Waals surface area contributed by atoms with Gasteiger partial charge in [-0.2, -0.15) is 0 Å². The van der Waals surface area contributed by atoms with E-state index >= 15 is 0 Å². The van der Waals surface area contributed by atoms with Crippen LogP contribution in [0.4, 0.5) is 0 Å². The normalized spacial score (nSPS) is 11.0. The van der Waals surface area contributed by atoms with E-state index in [1.165, 1.54) is 0 Å². The van der Waals surface area contributed by atoms with Crippen molar-refractivity contribution in [2.24, 2.45) is 0 Å². The van der Waals surface area contributed by atoms with E-state index in [0.29, 0.717) is 12.2 Å². The lowest BCUT2D eigenvalue weighted by Crippen LogP contribution is -2.25. The van der Waals surface area contributed by atoms with Gasteiger partial charge in [-0.3, -0.25) is 4.79 Å². The lowest BCUT2D eigenvalue weighted by Gasteiger charge is -2.06. The fraction of sp³-hybridized carbons (Fsp3) is 0.312. The van der Waals surface area contributed by atoms with E-state index in [1.807, 2.05) is 40.4 Å². The van der Waals surface area contributed by atoms with Gasteiger partial charge in [0.25, 0.3) is 5.91 Å². The second-order valence-corrected chi connectivity index (χ2v) is 5.32. The SMILES string of the molecule is CCCn1ccnc1CNC(=O)c1cn2cc(C)ccc2n1. The third kappa shape index (κ3) is 2.86. The van der Waals surface area contributed by atoms with Crippen LogP contribution in [0.3, 0.4) is 0 Å². The Balaban J connectivity index is 1.71. The molecule has 0 aliphatic carbocycles. The molecule has 0 aromatic carbocycles. The van der Waals surface area contributed by atoms with Crippen molar-refractivity contribution in [3.63, 3.8) is 0 Å². The average Bonchev–Trinajstić information content (AvgIpc) is 3.11. The summed E-state index contributed by atoms with van der Waals surface area (Å²) >= 11 is 0. The van der Waals surface area contributed by atoms with Crippen LogP contribution in [0.25, 0.3) is 5.65 Å². The number of aryl methyl sites for hydroxylation is 2. The summed E-state index contributed by atoms with van der Waals surface area (Å²) in [5.41, 5.74) is 2.31. The topological polar surface area (TPSA) is 64.2 Å². The summed E-state index contributed by atoms with van der Waals surface area (Å²) in [6.45, 7) is 5.42. The fourth-order valence-electron chi connectivity index (χ4n) is 2.41. The molecule has 0 bridgehead atoms. The van der Waals surface area contributed by atoms with Gasteiger partial charge in [-0.05, 0) is 25.0 Å². The molecule has 0 aliphatic heterocycles. The number of carbonyl (C=O) groups is 1. The quantitative estimate of drug-likeness (QED) is 0.785. The van der Waals surface area contributed by atoms with Gasteiger partial charge >= 0.3 is 0 Å². The number of amides is 1. The second kappa shape index (κ2) is 6.01. The van der Waals surface area contributed by atoms with Gasteiger partial charge in [0, 0.05) is 31.3 Å². The Hall–Kier alpha value is -2.63. The number of nitrogens with zero attached hydrogens (tertiary/aromatic N) is 4. The zero-order chi connectivity index (χ0) is 15.5. The minimum Gasteiger partial charge on any atom is -0.343 e. The molecule has 22 heavy (non-hydrogen) atoms. The Morgan fingerprint density at radius 3 is 3.00 bits per heavy atom. The molecule has 0 aliphatic rings. The molecule has 3 aromatic heterocycles. The summed E-state index contributed by atoms with van der Waals surface area (Å²) in [6.07, 6.45) is 8.41. The number of carbonyl (C=O) groups excluding carboxylic acids is 1. The highest BCUT2D eigenvalue weighted by Gasteiger charge is 2.11. The minimum absolute atomic E-state index is 0.188. The molecule has 0 spiro atoms. The molecule has 3 heterocycles. The summed E-state index contributed by atoms with van der Waals surface area (Å²) in [7, 11) is 0. The van der Waals surface area contributed by atoms with Crippen LogP contribution in [-0.2, 0) is 13.1 Å². The highest BCUT2D eigenvalue weighted by Crippen LogP contribution is 2.07. The zero-order valence-electron chi connectivity index (χ0n) is 12.8. The van der Waals surface area contributed by atoms with Gasteiger partial charge in [0.05, 0.1) is 6.54 Å². The van der Waals surface area contributed by atoms with E-state index in [1.54, 1.807) is 12.4 Å². The molecule has 1 amide bonds. The summed E-state index contributed by atoms with van der Waals surface area (Å²) in [4.78, 5) is 20.9. The van der Waals surface area contributed by atoms with Gasteiger partial charge in [0.15, 0.2) is 0 Å².